The highest BCUT2D eigenvalue weighted by molar-refractivity contribution is 6.30. The minimum absolute atomic E-state index is 0. The van der Waals surface area contributed by atoms with Crippen molar-refractivity contribution in [3.63, 3.8) is 0 Å². The molecule has 2 fully saturated rings. The molecule has 2 heterocycles. The number of benzene rings is 2. The van der Waals surface area contributed by atoms with Crippen LogP contribution in [-0.2, 0) is 27.1 Å². The van der Waals surface area contributed by atoms with Crippen molar-refractivity contribution in [2.24, 2.45) is 0 Å². The van der Waals surface area contributed by atoms with E-state index >= 15 is 0 Å². The second-order valence-corrected chi connectivity index (χ2v) is 11.8. The van der Waals surface area contributed by atoms with Crippen molar-refractivity contribution in [3.05, 3.63) is 69.7 Å². The predicted octanol–water partition coefficient (Wildman–Crippen LogP) is 7.08. The number of alkyl halides is 4. The first-order valence-corrected chi connectivity index (χ1v) is 14.1. The van der Waals surface area contributed by atoms with Gasteiger partial charge in [-0.25, -0.2) is 22.4 Å². The molecule has 2 aliphatic heterocycles. The summed E-state index contributed by atoms with van der Waals surface area (Å²) in [4.78, 5) is 13.8. The molecule has 0 aromatic heterocycles. The van der Waals surface area contributed by atoms with Crippen LogP contribution < -0.4 is 5.32 Å². The minimum atomic E-state index is -2.65. The summed E-state index contributed by atoms with van der Waals surface area (Å²) in [5.41, 5.74) is 1.36. The van der Waals surface area contributed by atoms with Crippen LogP contribution in [-0.4, -0.2) is 80.0 Å². The number of carbonyl (C=O) groups excluding carboxylic acids is 1. The molecule has 236 valence electrons. The molecule has 0 unspecified atom stereocenters. The minimum Gasteiger partial charge on any atom is -0.444 e. The first-order valence-electron chi connectivity index (χ1n) is 13.3. The van der Waals surface area contributed by atoms with Crippen molar-refractivity contribution in [2.45, 2.75) is 76.4 Å². The van der Waals surface area contributed by atoms with E-state index in [9.17, 15) is 22.4 Å². The van der Waals surface area contributed by atoms with E-state index in [0.29, 0.717) is 23.1 Å². The lowest BCUT2D eigenvalue weighted by atomic mass is 10.0. The Labute approximate surface area is 260 Å². The Morgan fingerprint density at radius 3 is 1.86 bits per heavy atom. The summed E-state index contributed by atoms with van der Waals surface area (Å²) >= 11 is 11.7. The molecule has 2 aromatic rings. The Morgan fingerprint density at radius 2 is 1.40 bits per heavy atom. The molecular formula is C29H37Cl3F4N2O4. The number of halogens is 7. The molecule has 1 N–H and O–H groups in total. The summed E-state index contributed by atoms with van der Waals surface area (Å²) in [5, 5.41) is 4.38. The van der Waals surface area contributed by atoms with Crippen molar-refractivity contribution in [3.8, 4) is 0 Å². The highest BCUT2D eigenvalue weighted by Crippen LogP contribution is 2.23. The molecule has 2 aliphatic rings. The van der Waals surface area contributed by atoms with Gasteiger partial charge >= 0.3 is 6.09 Å². The van der Waals surface area contributed by atoms with Gasteiger partial charge in [0, 0.05) is 22.6 Å². The van der Waals surface area contributed by atoms with Crippen LogP contribution in [0, 0.1) is 0 Å². The average Bonchev–Trinajstić information content (AvgIpc) is 2.91. The van der Waals surface area contributed by atoms with Crippen molar-refractivity contribution in [1.82, 2.24) is 10.2 Å². The van der Waals surface area contributed by atoms with Crippen LogP contribution in [0.3, 0.4) is 0 Å². The van der Waals surface area contributed by atoms with Crippen molar-refractivity contribution < 1.29 is 36.6 Å². The summed E-state index contributed by atoms with van der Waals surface area (Å²) in [5.74, 6) is 0. The van der Waals surface area contributed by atoms with Crippen LogP contribution in [0.25, 0.3) is 0 Å². The molecule has 0 radical (unpaired) electrons. The monoisotopic (exact) mass is 658 g/mol. The molecule has 0 spiro atoms. The molecular weight excluding hydrogens is 623 g/mol. The Hall–Kier alpha value is -1.82. The fraction of sp³-hybridized carbons (Fsp3) is 0.552. The fourth-order valence-electron chi connectivity index (χ4n) is 4.32. The lowest BCUT2D eigenvalue weighted by Crippen LogP contribution is -2.55. The SMILES string of the molecule is CC(C)(C)OC(=O)N1C[C@H](C(F)F)OC[C@@H]1Cc1ccc(Cl)cc1.Cl.FC(F)[C@H]1CN[C@@H](Cc2ccc(Cl)cc2)CO1. The van der Waals surface area contributed by atoms with E-state index in [2.05, 4.69) is 5.32 Å². The molecule has 4 atom stereocenters. The van der Waals surface area contributed by atoms with Gasteiger partial charge < -0.3 is 19.5 Å². The normalized spacial score (nSPS) is 22.7. The van der Waals surface area contributed by atoms with E-state index in [0.717, 1.165) is 17.5 Å². The van der Waals surface area contributed by atoms with Gasteiger partial charge in [-0.2, -0.15) is 0 Å². The summed E-state index contributed by atoms with van der Waals surface area (Å²) in [7, 11) is 0. The third-order valence-corrected chi connectivity index (χ3v) is 6.91. The molecule has 0 bridgehead atoms. The van der Waals surface area contributed by atoms with Crippen molar-refractivity contribution >= 4 is 41.7 Å². The Kier molecular flexibility index (Phi) is 14.6. The maximum Gasteiger partial charge on any atom is 0.410 e. The second kappa shape index (κ2) is 16.9. The van der Waals surface area contributed by atoms with Crippen LogP contribution in [0.5, 0.6) is 0 Å². The first-order chi connectivity index (χ1) is 19.3. The number of rotatable bonds is 6. The van der Waals surface area contributed by atoms with Crippen LogP contribution in [0.1, 0.15) is 31.9 Å². The smallest absolute Gasteiger partial charge is 0.410 e. The second-order valence-electron chi connectivity index (χ2n) is 11.0. The van der Waals surface area contributed by atoms with Crippen molar-refractivity contribution in [2.75, 3.05) is 26.3 Å². The number of morpholine rings is 2. The van der Waals surface area contributed by atoms with E-state index in [4.69, 9.17) is 37.4 Å². The zero-order valence-corrected chi connectivity index (χ0v) is 25.9. The predicted molar refractivity (Wildman–Crippen MR) is 158 cm³/mol. The van der Waals surface area contributed by atoms with Gasteiger partial charge in [0.25, 0.3) is 12.9 Å². The first kappa shape index (κ1) is 36.4. The highest BCUT2D eigenvalue weighted by Gasteiger charge is 2.38. The third kappa shape index (κ3) is 12.1. The maximum atomic E-state index is 13.0. The number of hydrogen-bond acceptors (Lipinski definition) is 5. The van der Waals surface area contributed by atoms with Crippen LogP contribution in [0.2, 0.25) is 10.0 Å². The Balaban J connectivity index is 0.000000302. The summed E-state index contributed by atoms with van der Waals surface area (Å²) < 4.78 is 66.3. The van der Waals surface area contributed by atoms with E-state index in [-0.39, 0.29) is 44.2 Å². The summed E-state index contributed by atoms with van der Waals surface area (Å²) in [6, 6.07) is 14.4. The molecule has 4 rings (SSSR count). The molecule has 6 nitrogen and oxygen atoms in total. The van der Waals surface area contributed by atoms with Gasteiger partial charge in [0.15, 0.2) is 0 Å². The number of carbonyl (C=O) groups is 1. The van der Waals surface area contributed by atoms with Gasteiger partial charge in [-0.3, -0.25) is 4.90 Å². The van der Waals surface area contributed by atoms with Gasteiger partial charge in [-0.15, -0.1) is 12.4 Å². The number of hydrogen-bond donors (Lipinski definition) is 1. The quantitative estimate of drug-likeness (QED) is 0.336. The lowest BCUT2D eigenvalue weighted by Gasteiger charge is -2.40. The van der Waals surface area contributed by atoms with Gasteiger partial charge in [-0.05, 0) is 69.0 Å². The largest absolute Gasteiger partial charge is 0.444 e. The van der Waals surface area contributed by atoms with E-state index < -0.39 is 36.8 Å². The van der Waals surface area contributed by atoms with Crippen LogP contribution in [0.15, 0.2) is 48.5 Å². The van der Waals surface area contributed by atoms with Gasteiger partial charge in [0.05, 0.1) is 25.8 Å². The molecule has 42 heavy (non-hydrogen) atoms. The van der Waals surface area contributed by atoms with E-state index in [1.54, 1.807) is 32.9 Å². The lowest BCUT2D eigenvalue weighted by molar-refractivity contribution is -0.121. The van der Waals surface area contributed by atoms with Gasteiger partial charge in [0.1, 0.15) is 17.8 Å². The average molecular weight is 660 g/mol. The molecule has 0 saturated carbocycles. The van der Waals surface area contributed by atoms with Crippen molar-refractivity contribution in [1.29, 1.82) is 0 Å². The van der Waals surface area contributed by atoms with Gasteiger partial charge in [-0.1, -0.05) is 47.5 Å². The summed E-state index contributed by atoms with van der Waals surface area (Å²) in [6.45, 7) is 5.59. The maximum absolute atomic E-state index is 13.0. The van der Waals surface area contributed by atoms with Gasteiger partial charge in [0.2, 0.25) is 0 Å². The Morgan fingerprint density at radius 1 is 0.905 bits per heavy atom. The fourth-order valence-corrected chi connectivity index (χ4v) is 4.57. The highest BCUT2D eigenvalue weighted by atomic mass is 35.5. The molecule has 1 amide bonds. The van der Waals surface area contributed by atoms with E-state index in [1.165, 1.54) is 4.90 Å². The number of ether oxygens (including phenoxy) is 3. The number of nitrogens with one attached hydrogen (secondary N) is 1. The Bertz CT molecular complexity index is 1080. The van der Waals surface area contributed by atoms with Crippen LogP contribution in [0.4, 0.5) is 22.4 Å². The van der Waals surface area contributed by atoms with Crippen LogP contribution >= 0.6 is 35.6 Å². The summed E-state index contributed by atoms with van der Waals surface area (Å²) in [6.07, 6.45) is -6.70. The molecule has 0 aliphatic carbocycles. The number of amides is 1. The molecule has 2 saturated heterocycles. The standard InChI is InChI=1S/C17H22ClF2NO3.C12H14ClF2NO.ClH/c1-17(2,3)24-16(22)21-9-14(15(19)20)23-10-13(21)8-11-4-6-12(18)7-5-11;13-9-3-1-8(2-4-9)5-10-7-17-11(6-16-10)12(14)15;/h4-7,13-15H,8-10H2,1-3H3;1-4,10-12,16H,5-7H2;1H/t13-,14+;10-,11+;/m00./s1. The zero-order chi connectivity index (χ0) is 30.2. The molecule has 13 heteroatoms. The topological polar surface area (TPSA) is 60.0 Å². The zero-order valence-electron chi connectivity index (χ0n) is 23.6. The number of nitrogens with zero attached hydrogens (tertiary/aromatic N) is 1. The third-order valence-electron chi connectivity index (χ3n) is 6.41. The molecule has 2 aromatic carbocycles. The van der Waals surface area contributed by atoms with E-state index in [1.807, 2.05) is 36.4 Å².